The molecule has 0 amide bonds. The number of aromatic nitrogens is 2. The van der Waals surface area contributed by atoms with Gasteiger partial charge in [-0.15, -0.1) is 12.4 Å². The maximum Gasteiger partial charge on any atom is 0.511 e. The Morgan fingerprint density at radius 2 is 1.90 bits per heavy atom. The number of carboxylic acid groups (broad SMARTS) is 1. The molecule has 1 aromatic carbocycles. The normalized spacial score (nSPS) is 15.5. The molecule has 2 aromatic heterocycles. The average Bonchev–Trinajstić information content (AvgIpc) is 2.83. The van der Waals surface area contributed by atoms with E-state index in [9.17, 15) is 9.59 Å². The summed E-state index contributed by atoms with van der Waals surface area (Å²) in [5.41, 5.74) is 5.88. The van der Waals surface area contributed by atoms with Crippen LogP contribution in [0.4, 0.5) is 4.79 Å². The summed E-state index contributed by atoms with van der Waals surface area (Å²) in [6.45, 7) is 3.28. The summed E-state index contributed by atoms with van der Waals surface area (Å²) in [6, 6.07) is 8.20. The Labute approximate surface area is 179 Å². The lowest BCUT2D eigenvalue weighted by atomic mass is 9.99. The zero-order valence-electron chi connectivity index (χ0n) is 16.7. The highest BCUT2D eigenvalue weighted by molar-refractivity contribution is 5.88. The molecule has 0 bridgehead atoms. The number of halogens is 1. The molecule has 8 heteroatoms. The molecule has 0 spiro atoms. The molecule has 3 heterocycles. The SMILES string of the molecule is Cl.Cn1c(CN2CCC2)cc2cc3c(cc21)CCCc1cc(OC(=O)O)c(=O)[nH]c1-3. The maximum absolute atomic E-state index is 12.4. The molecule has 0 saturated carbocycles. The van der Waals surface area contributed by atoms with Gasteiger partial charge >= 0.3 is 6.16 Å². The predicted molar refractivity (Wildman–Crippen MR) is 117 cm³/mol. The lowest BCUT2D eigenvalue weighted by molar-refractivity contribution is 0.143. The first-order valence-electron chi connectivity index (χ1n) is 10.0. The predicted octanol–water partition coefficient (Wildman–Crippen LogP) is 3.71. The number of H-pyrrole nitrogens is 1. The third-order valence-corrected chi connectivity index (χ3v) is 6.15. The van der Waals surface area contributed by atoms with Gasteiger partial charge in [0.15, 0.2) is 5.75 Å². The van der Waals surface area contributed by atoms with Gasteiger partial charge < -0.3 is 19.4 Å². The van der Waals surface area contributed by atoms with Crippen LogP contribution >= 0.6 is 12.4 Å². The summed E-state index contributed by atoms with van der Waals surface area (Å²) >= 11 is 0. The molecule has 1 aliphatic heterocycles. The van der Waals surface area contributed by atoms with E-state index in [-0.39, 0.29) is 18.2 Å². The van der Waals surface area contributed by atoms with E-state index in [1.165, 1.54) is 23.2 Å². The van der Waals surface area contributed by atoms with Crippen LogP contribution < -0.4 is 10.3 Å². The minimum atomic E-state index is -1.48. The largest absolute Gasteiger partial charge is 0.511 e. The number of carbonyl (C=O) groups is 1. The van der Waals surface area contributed by atoms with Gasteiger partial charge in [-0.3, -0.25) is 9.69 Å². The van der Waals surface area contributed by atoms with Crippen molar-refractivity contribution in [3.05, 3.63) is 51.4 Å². The molecule has 0 radical (unpaired) electrons. The Morgan fingerprint density at radius 1 is 1.13 bits per heavy atom. The molecular weight excluding hydrogens is 406 g/mol. The first-order chi connectivity index (χ1) is 14.0. The minimum absolute atomic E-state index is 0. The van der Waals surface area contributed by atoms with Gasteiger partial charge in [0.2, 0.25) is 0 Å². The smallest absolute Gasteiger partial charge is 0.449 e. The lowest BCUT2D eigenvalue weighted by Gasteiger charge is -2.30. The van der Waals surface area contributed by atoms with Crippen LogP contribution in [0.3, 0.4) is 0 Å². The summed E-state index contributed by atoms with van der Waals surface area (Å²) < 4.78 is 6.92. The lowest BCUT2D eigenvalue weighted by Crippen LogP contribution is -2.36. The van der Waals surface area contributed by atoms with Crippen LogP contribution in [0.5, 0.6) is 5.75 Å². The zero-order valence-corrected chi connectivity index (χ0v) is 17.6. The number of pyridine rings is 1. The number of aromatic amines is 1. The quantitative estimate of drug-likeness (QED) is 0.620. The second-order valence-electron chi connectivity index (χ2n) is 7.98. The van der Waals surface area contributed by atoms with Gasteiger partial charge in [0.1, 0.15) is 0 Å². The fourth-order valence-electron chi connectivity index (χ4n) is 4.47. The molecule has 158 valence electrons. The molecule has 1 saturated heterocycles. The molecule has 0 atom stereocenters. The topological polar surface area (TPSA) is 87.6 Å². The van der Waals surface area contributed by atoms with E-state index >= 15 is 0 Å². The summed E-state index contributed by atoms with van der Waals surface area (Å²) in [4.78, 5) is 28.6. The van der Waals surface area contributed by atoms with Gasteiger partial charge in [-0.05, 0) is 74.2 Å². The number of aryl methyl sites for hydroxylation is 3. The summed E-state index contributed by atoms with van der Waals surface area (Å²) in [6.07, 6.45) is 2.38. The third-order valence-electron chi connectivity index (χ3n) is 6.15. The van der Waals surface area contributed by atoms with Gasteiger partial charge in [0, 0.05) is 35.8 Å². The van der Waals surface area contributed by atoms with Crippen LogP contribution in [-0.2, 0) is 26.4 Å². The number of rotatable bonds is 3. The Bertz CT molecular complexity index is 1190. The Morgan fingerprint density at radius 3 is 2.60 bits per heavy atom. The highest BCUT2D eigenvalue weighted by Crippen LogP contribution is 2.35. The van der Waals surface area contributed by atoms with Crippen LogP contribution in [0, 0.1) is 0 Å². The van der Waals surface area contributed by atoms with E-state index in [2.05, 4.69) is 44.4 Å². The van der Waals surface area contributed by atoms with Crippen molar-refractivity contribution in [1.82, 2.24) is 14.5 Å². The van der Waals surface area contributed by atoms with E-state index in [1.807, 2.05) is 0 Å². The van der Waals surface area contributed by atoms with E-state index in [0.29, 0.717) is 0 Å². The van der Waals surface area contributed by atoms with E-state index in [4.69, 9.17) is 5.11 Å². The second kappa shape index (κ2) is 7.81. The first-order valence-corrected chi connectivity index (χ1v) is 10.0. The van der Waals surface area contributed by atoms with Gasteiger partial charge in [-0.25, -0.2) is 4.79 Å². The van der Waals surface area contributed by atoms with Crippen LogP contribution in [-0.4, -0.2) is 38.8 Å². The van der Waals surface area contributed by atoms with Gasteiger partial charge in [-0.1, -0.05) is 0 Å². The minimum Gasteiger partial charge on any atom is -0.449 e. The highest BCUT2D eigenvalue weighted by Gasteiger charge is 2.21. The molecule has 30 heavy (non-hydrogen) atoms. The molecule has 2 aliphatic rings. The van der Waals surface area contributed by atoms with E-state index < -0.39 is 11.7 Å². The van der Waals surface area contributed by atoms with Crippen molar-refractivity contribution in [3.63, 3.8) is 0 Å². The number of nitrogens with zero attached hydrogens (tertiary/aromatic N) is 2. The molecule has 5 rings (SSSR count). The van der Waals surface area contributed by atoms with Crippen molar-refractivity contribution in [2.24, 2.45) is 7.05 Å². The highest BCUT2D eigenvalue weighted by atomic mass is 35.5. The van der Waals surface area contributed by atoms with Crippen LogP contribution in [0.25, 0.3) is 22.2 Å². The number of hydrogen-bond donors (Lipinski definition) is 2. The second-order valence-corrected chi connectivity index (χ2v) is 7.98. The third kappa shape index (κ3) is 3.48. The molecule has 1 aliphatic carbocycles. The van der Waals surface area contributed by atoms with Gasteiger partial charge in [0.25, 0.3) is 5.56 Å². The monoisotopic (exact) mass is 429 g/mol. The van der Waals surface area contributed by atoms with Gasteiger partial charge in [-0.2, -0.15) is 0 Å². The van der Waals surface area contributed by atoms with Crippen LogP contribution in [0.1, 0.15) is 29.7 Å². The summed E-state index contributed by atoms with van der Waals surface area (Å²) in [7, 11) is 2.12. The van der Waals surface area contributed by atoms with Crippen LogP contribution in [0.15, 0.2) is 29.1 Å². The zero-order chi connectivity index (χ0) is 20.1. The van der Waals surface area contributed by atoms with Crippen LogP contribution in [0.2, 0.25) is 0 Å². The fraction of sp³-hybridized carbons (Fsp3) is 0.364. The Kier molecular flexibility index (Phi) is 5.34. The molecule has 7 nitrogen and oxygen atoms in total. The molecule has 3 aromatic rings. The number of hydrogen-bond acceptors (Lipinski definition) is 4. The average molecular weight is 430 g/mol. The van der Waals surface area contributed by atoms with E-state index in [0.717, 1.165) is 61.1 Å². The standard InChI is InChI=1S/C22H23N3O4.ClH/c1-24-16(12-25-6-3-7-25)8-15-9-17-13(10-18(15)24)4-2-5-14-11-19(29-22(27)28)21(26)23-20(14)17;/h8-11H,2-7,12H2,1H3,(H,23,26)(H,27,28);1H. The summed E-state index contributed by atoms with van der Waals surface area (Å²) in [5, 5.41) is 10.0. The van der Waals surface area contributed by atoms with Crippen molar-refractivity contribution >= 4 is 29.5 Å². The molecular formula is C22H24ClN3O4. The molecule has 2 N–H and O–H groups in total. The van der Waals surface area contributed by atoms with E-state index in [1.54, 1.807) is 6.07 Å². The van der Waals surface area contributed by atoms with Crippen molar-refractivity contribution in [1.29, 1.82) is 0 Å². The number of likely N-dealkylation sites (tertiary alicyclic amines) is 1. The van der Waals surface area contributed by atoms with Crippen molar-refractivity contribution in [2.75, 3.05) is 13.1 Å². The van der Waals surface area contributed by atoms with Crippen molar-refractivity contribution in [3.8, 4) is 17.0 Å². The van der Waals surface area contributed by atoms with Crippen molar-refractivity contribution < 1.29 is 14.6 Å². The number of ether oxygens (including phenoxy) is 1. The summed E-state index contributed by atoms with van der Waals surface area (Å²) in [5.74, 6) is -0.169. The maximum atomic E-state index is 12.4. The van der Waals surface area contributed by atoms with Gasteiger partial charge in [0.05, 0.1) is 5.69 Å². The number of benzene rings is 1. The van der Waals surface area contributed by atoms with Crippen molar-refractivity contribution in [2.45, 2.75) is 32.2 Å². The molecule has 1 fully saturated rings. The number of nitrogens with one attached hydrogen (secondary N) is 1. The number of fused-ring (bicyclic) bond motifs is 4. The first kappa shape index (κ1) is 20.5. The fourth-order valence-corrected chi connectivity index (χ4v) is 4.47. The molecule has 0 unspecified atom stereocenters. The Hall–Kier alpha value is -2.77. The Balaban J connectivity index is 0.00000218.